The Kier molecular flexibility index (Phi) is 12.9. The second kappa shape index (κ2) is 15.9. The second-order valence-electron chi connectivity index (χ2n) is 9.79. The van der Waals surface area contributed by atoms with Gasteiger partial charge in [-0.1, -0.05) is 38.5 Å². The molecule has 0 aliphatic rings. The van der Waals surface area contributed by atoms with Crippen molar-refractivity contribution in [3.8, 4) is 0 Å². The van der Waals surface area contributed by atoms with E-state index in [9.17, 15) is 29.1 Å². The molecule has 0 fully saturated rings. The van der Waals surface area contributed by atoms with Gasteiger partial charge in [-0.3, -0.25) is 19.2 Å². The highest BCUT2D eigenvalue weighted by Crippen LogP contribution is 2.19. The summed E-state index contributed by atoms with van der Waals surface area (Å²) in [7, 11) is 0. The van der Waals surface area contributed by atoms with Gasteiger partial charge in [-0.25, -0.2) is 4.79 Å². The molecule has 1 aromatic heterocycles. The van der Waals surface area contributed by atoms with Crippen molar-refractivity contribution < 1.29 is 29.1 Å². The number of carbonyl (C=O) groups is 5. The van der Waals surface area contributed by atoms with Crippen LogP contribution in [0.5, 0.6) is 0 Å². The number of amides is 4. The third kappa shape index (κ3) is 9.56. The monoisotopic (exact) mass is 576 g/mol. The summed E-state index contributed by atoms with van der Waals surface area (Å²) in [5.41, 5.74) is 13.1. The predicted molar refractivity (Wildman–Crippen MR) is 154 cm³/mol. The lowest BCUT2D eigenvalue weighted by atomic mass is 9.97. The van der Waals surface area contributed by atoms with Crippen LogP contribution in [0, 0.1) is 5.92 Å². The van der Waals surface area contributed by atoms with E-state index in [0.717, 1.165) is 16.5 Å². The van der Waals surface area contributed by atoms with E-state index in [0.29, 0.717) is 18.6 Å². The maximum atomic E-state index is 13.3. The first-order valence-corrected chi connectivity index (χ1v) is 14.6. The maximum absolute atomic E-state index is 13.3. The molecule has 1 heterocycles. The van der Waals surface area contributed by atoms with E-state index in [2.05, 4.69) is 20.9 Å². The zero-order valence-electron chi connectivity index (χ0n) is 23.1. The van der Waals surface area contributed by atoms with Crippen molar-refractivity contribution in [1.29, 1.82) is 0 Å². The number of nitrogens with one attached hydrogen (secondary N) is 4. The standard InChI is InChI=1S/C27H40N6O6S/c1-4-15(2)23(26(37)32-21(27(38)39)9-10-22(29)34)33-25(36)20(11-12-40-3)31-24(35)18(28)13-16-14-30-19-8-6-5-7-17(16)19/h5-8,14-15,18,20-21,23,30H,4,9-13,28H2,1-3H3,(H2,29,34)(H,31,35)(H,32,37)(H,33,36)(H,38,39). The third-order valence-electron chi connectivity index (χ3n) is 6.78. The lowest BCUT2D eigenvalue weighted by molar-refractivity contribution is -0.143. The van der Waals surface area contributed by atoms with Gasteiger partial charge in [0.1, 0.15) is 18.1 Å². The van der Waals surface area contributed by atoms with Gasteiger partial charge in [0.05, 0.1) is 6.04 Å². The highest BCUT2D eigenvalue weighted by molar-refractivity contribution is 7.98. The Bertz CT molecular complexity index is 1190. The molecule has 220 valence electrons. The van der Waals surface area contributed by atoms with Crippen LogP contribution in [-0.4, -0.2) is 75.9 Å². The largest absolute Gasteiger partial charge is 0.480 e. The number of carboxylic acids is 1. The van der Waals surface area contributed by atoms with E-state index >= 15 is 0 Å². The summed E-state index contributed by atoms with van der Waals surface area (Å²) in [4.78, 5) is 65.3. The fourth-order valence-electron chi connectivity index (χ4n) is 4.17. The number of hydrogen-bond acceptors (Lipinski definition) is 7. The number of hydrogen-bond donors (Lipinski definition) is 7. The van der Waals surface area contributed by atoms with Crippen LogP contribution < -0.4 is 27.4 Å². The maximum Gasteiger partial charge on any atom is 0.326 e. The molecular weight excluding hydrogens is 536 g/mol. The molecule has 0 aliphatic carbocycles. The van der Waals surface area contributed by atoms with Gasteiger partial charge in [-0.2, -0.15) is 11.8 Å². The number of carboxylic acid groups (broad SMARTS) is 1. The fourth-order valence-corrected chi connectivity index (χ4v) is 4.65. The normalized spacial score (nSPS) is 14.9. The molecule has 5 unspecified atom stereocenters. The number of H-pyrrole nitrogens is 1. The van der Waals surface area contributed by atoms with Crippen LogP contribution in [0.2, 0.25) is 0 Å². The van der Waals surface area contributed by atoms with Crippen molar-refractivity contribution in [2.75, 3.05) is 12.0 Å². The van der Waals surface area contributed by atoms with Crippen LogP contribution in [0.1, 0.15) is 45.1 Å². The van der Waals surface area contributed by atoms with E-state index in [1.54, 1.807) is 13.1 Å². The zero-order valence-corrected chi connectivity index (χ0v) is 23.9. The Labute approximate surface area is 237 Å². The van der Waals surface area contributed by atoms with Gasteiger partial charge in [-0.05, 0) is 48.8 Å². The Balaban J connectivity index is 2.13. The molecule has 2 rings (SSSR count). The number of aliphatic carboxylic acids is 1. The van der Waals surface area contributed by atoms with Crippen molar-refractivity contribution in [2.45, 2.75) is 70.1 Å². The van der Waals surface area contributed by atoms with Crippen LogP contribution >= 0.6 is 11.8 Å². The van der Waals surface area contributed by atoms with Gasteiger partial charge in [-0.15, -0.1) is 0 Å². The summed E-state index contributed by atoms with van der Waals surface area (Å²) in [6, 6.07) is 3.36. The van der Waals surface area contributed by atoms with E-state index in [1.165, 1.54) is 11.8 Å². The molecule has 5 atom stereocenters. The molecule has 12 nitrogen and oxygen atoms in total. The average Bonchev–Trinajstić information content (AvgIpc) is 3.33. The number of primary amides is 1. The third-order valence-corrected chi connectivity index (χ3v) is 7.43. The molecule has 2 aromatic rings. The minimum Gasteiger partial charge on any atom is -0.480 e. The summed E-state index contributed by atoms with van der Waals surface area (Å²) < 4.78 is 0. The summed E-state index contributed by atoms with van der Waals surface area (Å²) in [5.74, 6) is -3.59. The first-order valence-electron chi connectivity index (χ1n) is 13.2. The second-order valence-corrected chi connectivity index (χ2v) is 10.8. The van der Waals surface area contributed by atoms with Crippen LogP contribution in [0.4, 0.5) is 0 Å². The first kappa shape index (κ1) is 32.6. The van der Waals surface area contributed by atoms with Crippen molar-refractivity contribution in [1.82, 2.24) is 20.9 Å². The molecule has 0 bridgehead atoms. The molecule has 0 aliphatic heterocycles. The lowest BCUT2D eigenvalue weighted by Gasteiger charge is -2.28. The number of nitrogens with two attached hydrogens (primary N) is 2. The van der Waals surface area contributed by atoms with Gasteiger partial charge in [0, 0.05) is 23.5 Å². The summed E-state index contributed by atoms with van der Waals surface area (Å²) >= 11 is 1.49. The quantitative estimate of drug-likeness (QED) is 0.142. The molecule has 0 spiro atoms. The predicted octanol–water partition coefficient (Wildman–Crippen LogP) is 0.641. The molecule has 1 aromatic carbocycles. The van der Waals surface area contributed by atoms with Gasteiger partial charge < -0.3 is 37.5 Å². The van der Waals surface area contributed by atoms with Gasteiger partial charge in [0.15, 0.2) is 0 Å². The minimum absolute atomic E-state index is 0.182. The molecule has 13 heteroatoms. The van der Waals surface area contributed by atoms with Crippen LogP contribution in [0.15, 0.2) is 30.5 Å². The average molecular weight is 577 g/mol. The molecule has 4 amide bonds. The number of rotatable bonds is 17. The van der Waals surface area contributed by atoms with Crippen LogP contribution in [-0.2, 0) is 30.4 Å². The van der Waals surface area contributed by atoms with Crippen molar-refractivity contribution >= 4 is 52.3 Å². The zero-order chi connectivity index (χ0) is 29.8. The Hall–Kier alpha value is -3.58. The van der Waals surface area contributed by atoms with Crippen LogP contribution in [0.3, 0.4) is 0 Å². The SMILES string of the molecule is CCC(C)C(NC(=O)C(CCSC)NC(=O)C(N)Cc1c[nH]c2ccccc12)C(=O)NC(CCC(N)=O)C(=O)O. The van der Waals surface area contributed by atoms with E-state index in [1.807, 2.05) is 37.4 Å². The lowest BCUT2D eigenvalue weighted by Crippen LogP contribution is -2.59. The van der Waals surface area contributed by atoms with Gasteiger partial charge in [0.2, 0.25) is 23.6 Å². The highest BCUT2D eigenvalue weighted by atomic mass is 32.2. The number of benzene rings is 1. The van der Waals surface area contributed by atoms with Crippen LogP contribution in [0.25, 0.3) is 10.9 Å². The van der Waals surface area contributed by atoms with Gasteiger partial charge in [0.25, 0.3) is 0 Å². The minimum atomic E-state index is -1.35. The molecular formula is C27H40N6O6S. The number of fused-ring (bicyclic) bond motifs is 1. The first-order chi connectivity index (χ1) is 19.0. The number of aromatic nitrogens is 1. The van der Waals surface area contributed by atoms with E-state index in [-0.39, 0.29) is 25.2 Å². The Morgan fingerprint density at radius 1 is 1.00 bits per heavy atom. The van der Waals surface area contributed by atoms with Crippen molar-refractivity contribution in [3.05, 3.63) is 36.0 Å². The molecule has 9 N–H and O–H groups in total. The summed E-state index contributed by atoms with van der Waals surface area (Å²) in [6.07, 6.45) is 4.33. The molecule has 0 saturated carbocycles. The van der Waals surface area contributed by atoms with E-state index in [4.69, 9.17) is 11.5 Å². The molecule has 40 heavy (non-hydrogen) atoms. The topological polar surface area (TPSA) is 209 Å². The van der Waals surface area contributed by atoms with Crippen molar-refractivity contribution in [3.63, 3.8) is 0 Å². The number of para-hydroxylation sites is 1. The Morgan fingerprint density at radius 2 is 1.68 bits per heavy atom. The fraction of sp³-hybridized carbons (Fsp3) is 0.519. The number of carbonyl (C=O) groups excluding carboxylic acids is 4. The number of thioether (sulfide) groups is 1. The number of aromatic amines is 1. The van der Waals surface area contributed by atoms with Crippen molar-refractivity contribution in [2.24, 2.45) is 17.4 Å². The molecule has 0 radical (unpaired) electrons. The summed E-state index contributed by atoms with van der Waals surface area (Å²) in [6.45, 7) is 3.58. The molecule has 0 saturated heterocycles. The Morgan fingerprint density at radius 3 is 2.30 bits per heavy atom. The van der Waals surface area contributed by atoms with Gasteiger partial charge >= 0.3 is 5.97 Å². The smallest absolute Gasteiger partial charge is 0.326 e. The highest BCUT2D eigenvalue weighted by Gasteiger charge is 2.32. The summed E-state index contributed by atoms with van der Waals surface area (Å²) in [5, 5.41) is 18.2. The van der Waals surface area contributed by atoms with E-state index < -0.39 is 53.8 Å².